The topological polar surface area (TPSA) is 88.2 Å². The van der Waals surface area contributed by atoms with E-state index in [0.29, 0.717) is 16.4 Å². The molecule has 0 radical (unpaired) electrons. The number of aryl methyl sites for hydroxylation is 2. The maximum Gasteiger partial charge on any atom is 0.252 e. The first-order chi connectivity index (χ1) is 11.3. The summed E-state index contributed by atoms with van der Waals surface area (Å²) in [6.07, 6.45) is 0. The molecule has 0 aliphatic rings. The number of carbonyl (C=O) groups is 3. The molecule has 0 bridgehead atoms. The van der Waals surface area contributed by atoms with Crippen LogP contribution < -0.4 is 10.6 Å². The molecule has 1 aromatic carbocycles. The third-order valence-corrected chi connectivity index (χ3v) is 4.30. The smallest absolute Gasteiger partial charge is 0.252 e. The van der Waals surface area contributed by atoms with E-state index in [-0.39, 0.29) is 17.6 Å². The van der Waals surface area contributed by atoms with Crippen LogP contribution in [0.2, 0.25) is 0 Å². The summed E-state index contributed by atoms with van der Waals surface area (Å²) in [5, 5.41) is 7.20. The lowest BCUT2D eigenvalue weighted by molar-refractivity contribution is -0.117. The fourth-order valence-corrected chi connectivity index (χ4v) is 2.97. The summed E-state index contributed by atoms with van der Waals surface area (Å²) in [6.45, 7) is 6.71. The number of amides is 2. The monoisotopic (exact) mass is 345 g/mol. The van der Waals surface area contributed by atoms with Crippen LogP contribution in [0.4, 0.5) is 5.13 Å². The Bertz CT molecular complexity index is 778. The number of ketones is 1. The molecule has 24 heavy (non-hydrogen) atoms. The van der Waals surface area contributed by atoms with E-state index in [9.17, 15) is 14.4 Å². The first kappa shape index (κ1) is 17.8. The maximum absolute atomic E-state index is 12.4. The minimum atomic E-state index is -0.735. The van der Waals surface area contributed by atoms with Crippen molar-refractivity contribution < 1.29 is 14.4 Å². The van der Waals surface area contributed by atoms with Gasteiger partial charge in [0.2, 0.25) is 5.91 Å². The van der Waals surface area contributed by atoms with Crippen LogP contribution in [0.3, 0.4) is 0 Å². The lowest BCUT2D eigenvalue weighted by atomic mass is 10.0. The molecule has 2 rings (SSSR count). The van der Waals surface area contributed by atoms with Gasteiger partial charge in [-0.3, -0.25) is 14.4 Å². The van der Waals surface area contributed by atoms with Crippen molar-refractivity contribution in [2.24, 2.45) is 0 Å². The largest absolute Gasteiger partial charge is 0.340 e. The summed E-state index contributed by atoms with van der Waals surface area (Å²) in [5.41, 5.74) is 2.59. The normalized spacial score (nSPS) is 11.7. The zero-order chi connectivity index (χ0) is 17.9. The fraction of sp³-hybridized carbons (Fsp3) is 0.294. The molecule has 7 heteroatoms. The molecule has 126 valence electrons. The van der Waals surface area contributed by atoms with E-state index >= 15 is 0 Å². The number of benzene rings is 1. The summed E-state index contributed by atoms with van der Waals surface area (Å²) >= 11 is 1.17. The highest BCUT2D eigenvalue weighted by Crippen LogP contribution is 2.16. The van der Waals surface area contributed by atoms with Crippen LogP contribution >= 0.6 is 11.3 Å². The zero-order valence-electron chi connectivity index (χ0n) is 14.0. The van der Waals surface area contributed by atoms with Gasteiger partial charge in [-0.25, -0.2) is 4.98 Å². The van der Waals surface area contributed by atoms with Crippen LogP contribution in [-0.4, -0.2) is 28.6 Å². The lowest BCUT2D eigenvalue weighted by Gasteiger charge is -2.15. The van der Waals surface area contributed by atoms with E-state index in [1.807, 2.05) is 32.0 Å². The highest BCUT2D eigenvalue weighted by molar-refractivity contribution is 7.14. The van der Waals surface area contributed by atoms with Gasteiger partial charge in [-0.05, 0) is 31.9 Å². The van der Waals surface area contributed by atoms with Crippen LogP contribution in [0.5, 0.6) is 0 Å². The van der Waals surface area contributed by atoms with Crippen molar-refractivity contribution >= 4 is 34.1 Å². The van der Waals surface area contributed by atoms with Crippen molar-refractivity contribution in [2.45, 2.75) is 33.7 Å². The van der Waals surface area contributed by atoms with Gasteiger partial charge in [-0.2, -0.15) is 0 Å². The highest BCUT2D eigenvalue weighted by Gasteiger charge is 2.20. The third kappa shape index (κ3) is 4.05. The molecule has 0 saturated carbocycles. The molecule has 0 saturated heterocycles. The van der Waals surface area contributed by atoms with Crippen molar-refractivity contribution in [2.75, 3.05) is 5.32 Å². The molecule has 2 N–H and O–H groups in total. The summed E-state index contributed by atoms with van der Waals surface area (Å²) in [7, 11) is 0. The number of rotatable bonds is 5. The Morgan fingerprint density at radius 1 is 1.17 bits per heavy atom. The minimum Gasteiger partial charge on any atom is -0.340 e. The third-order valence-electron chi connectivity index (χ3n) is 3.54. The van der Waals surface area contributed by atoms with Gasteiger partial charge in [0, 0.05) is 17.9 Å². The first-order valence-electron chi connectivity index (χ1n) is 7.44. The number of Topliss-reactive ketones (excluding diaryl/α,β-unsaturated/α-hetero) is 1. The Morgan fingerprint density at radius 3 is 2.33 bits per heavy atom. The van der Waals surface area contributed by atoms with Crippen molar-refractivity contribution in [1.29, 1.82) is 0 Å². The lowest BCUT2D eigenvalue weighted by Crippen LogP contribution is -2.42. The molecule has 0 aliphatic carbocycles. The van der Waals surface area contributed by atoms with Gasteiger partial charge in [0.05, 0.1) is 0 Å². The van der Waals surface area contributed by atoms with Crippen LogP contribution in [-0.2, 0) is 4.79 Å². The van der Waals surface area contributed by atoms with Crippen molar-refractivity contribution in [1.82, 2.24) is 10.3 Å². The van der Waals surface area contributed by atoms with Crippen molar-refractivity contribution in [3.8, 4) is 0 Å². The van der Waals surface area contributed by atoms with Crippen LogP contribution in [0.1, 0.15) is 45.8 Å². The number of carbonyl (C=O) groups excluding carboxylic acids is 3. The Kier molecular flexibility index (Phi) is 5.46. The molecule has 0 fully saturated rings. The van der Waals surface area contributed by atoms with E-state index in [4.69, 9.17) is 0 Å². The average molecular weight is 345 g/mol. The van der Waals surface area contributed by atoms with Crippen LogP contribution in [0.15, 0.2) is 23.6 Å². The molecule has 6 nitrogen and oxygen atoms in total. The van der Waals surface area contributed by atoms with Gasteiger partial charge in [0.1, 0.15) is 11.7 Å². The van der Waals surface area contributed by atoms with Crippen LogP contribution in [0, 0.1) is 13.8 Å². The molecular weight excluding hydrogens is 326 g/mol. The number of aromatic nitrogens is 1. The zero-order valence-corrected chi connectivity index (χ0v) is 14.8. The minimum absolute atomic E-state index is 0.164. The number of hydrogen-bond donors (Lipinski definition) is 2. The van der Waals surface area contributed by atoms with Gasteiger partial charge in [0.15, 0.2) is 10.9 Å². The Hall–Kier alpha value is -2.54. The molecule has 1 heterocycles. The van der Waals surface area contributed by atoms with Crippen molar-refractivity contribution in [3.63, 3.8) is 0 Å². The maximum atomic E-state index is 12.4. The number of hydrogen-bond acceptors (Lipinski definition) is 5. The van der Waals surface area contributed by atoms with Gasteiger partial charge in [-0.1, -0.05) is 18.2 Å². The van der Waals surface area contributed by atoms with E-state index in [1.54, 1.807) is 12.3 Å². The number of nitrogens with one attached hydrogen (secondary N) is 2. The molecule has 2 aromatic rings. The average Bonchev–Trinajstić information content (AvgIpc) is 2.95. The SMILES string of the molecule is CC(=O)c1csc(NC(=O)[C@@H](C)NC(=O)c2c(C)cccc2C)n1. The summed E-state index contributed by atoms with van der Waals surface area (Å²) in [6, 6.07) is 4.85. The summed E-state index contributed by atoms with van der Waals surface area (Å²) in [5.74, 6) is -0.848. The predicted octanol–water partition coefficient (Wildman–Crippen LogP) is 2.72. The van der Waals surface area contributed by atoms with E-state index in [1.165, 1.54) is 18.3 Å². The van der Waals surface area contributed by atoms with Crippen molar-refractivity contribution in [3.05, 3.63) is 46.0 Å². The summed E-state index contributed by atoms with van der Waals surface area (Å²) in [4.78, 5) is 39.8. The van der Waals surface area contributed by atoms with Gasteiger partial charge >= 0.3 is 0 Å². The van der Waals surface area contributed by atoms with Gasteiger partial charge in [-0.15, -0.1) is 11.3 Å². The number of nitrogens with zero attached hydrogens (tertiary/aromatic N) is 1. The Labute approximate surface area is 144 Å². The van der Waals surface area contributed by atoms with E-state index in [2.05, 4.69) is 15.6 Å². The summed E-state index contributed by atoms with van der Waals surface area (Å²) < 4.78 is 0. The predicted molar refractivity (Wildman–Crippen MR) is 93.6 cm³/mol. The molecule has 0 spiro atoms. The molecule has 0 aliphatic heterocycles. The van der Waals surface area contributed by atoms with Gasteiger partial charge < -0.3 is 10.6 Å². The molecule has 1 atom stereocenters. The van der Waals surface area contributed by atoms with E-state index in [0.717, 1.165) is 11.1 Å². The number of thiazole rings is 1. The number of anilines is 1. The van der Waals surface area contributed by atoms with Gasteiger partial charge in [0.25, 0.3) is 5.91 Å². The Balaban J connectivity index is 2.03. The molecule has 2 amide bonds. The fourth-order valence-electron chi connectivity index (χ4n) is 2.21. The second kappa shape index (κ2) is 7.35. The molecular formula is C17H19N3O3S. The van der Waals surface area contributed by atoms with E-state index < -0.39 is 6.04 Å². The Morgan fingerprint density at radius 2 is 1.79 bits per heavy atom. The second-order valence-electron chi connectivity index (χ2n) is 5.55. The first-order valence-corrected chi connectivity index (χ1v) is 8.32. The molecule has 0 unspecified atom stereocenters. The second-order valence-corrected chi connectivity index (χ2v) is 6.40. The molecule has 1 aromatic heterocycles. The van der Waals surface area contributed by atoms with Crippen LogP contribution in [0.25, 0.3) is 0 Å². The quantitative estimate of drug-likeness (QED) is 0.816. The highest BCUT2D eigenvalue weighted by atomic mass is 32.1. The standard InChI is InChI=1S/C17H19N3O3S/c1-9-6-5-7-10(2)14(9)16(23)18-11(3)15(22)20-17-19-13(8-24-17)12(4)21/h5-8,11H,1-4H3,(H,18,23)(H,19,20,22)/t11-/m1/s1.